The number of carbonyl (C=O) groups excluding carboxylic acids is 1. The molecule has 44 heteroatoms. The van der Waals surface area contributed by atoms with Crippen LogP contribution in [-0.2, 0) is 74.2 Å². The van der Waals surface area contributed by atoms with Gasteiger partial charge in [-0.1, -0.05) is 171 Å². The van der Waals surface area contributed by atoms with Crippen LogP contribution in [0, 0.1) is 0 Å². The zero-order valence-corrected chi connectivity index (χ0v) is 78.1. The molecule has 0 saturated carbocycles. The summed E-state index contributed by atoms with van der Waals surface area (Å²) in [5.41, 5.74) is 21.7. The van der Waals surface area contributed by atoms with Gasteiger partial charge in [-0.15, -0.1) is 0 Å². The molecule has 7 saturated heterocycles. The minimum Gasteiger partial charge on any atom is -0.414 e. The van der Waals surface area contributed by atoms with E-state index in [0.29, 0.717) is 6.42 Å². The van der Waals surface area contributed by atoms with E-state index in [1.54, 1.807) is 28.5 Å². The first-order valence-electron chi connectivity index (χ1n) is 40.2. The van der Waals surface area contributed by atoms with Crippen LogP contribution in [0.25, 0.3) is 0 Å². The summed E-state index contributed by atoms with van der Waals surface area (Å²) in [6.07, 6.45) is -7.31. The van der Waals surface area contributed by atoms with Gasteiger partial charge < -0.3 is 98.7 Å². The number of anilines is 4. The van der Waals surface area contributed by atoms with Gasteiger partial charge in [0.25, 0.3) is 0 Å². The first kappa shape index (κ1) is 97.5. The Morgan fingerprint density at radius 3 is 1.39 bits per heavy atom. The normalized spacial score (nSPS) is 30.2. The van der Waals surface area contributed by atoms with E-state index in [2.05, 4.69) is 163 Å². The van der Waals surface area contributed by atoms with Crippen molar-refractivity contribution in [3.05, 3.63) is 121 Å². The molecular formula is C75H124N13O24PS2Si4. The Hall–Kier alpha value is -5.35. The summed E-state index contributed by atoms with van der Waals surface area (Å²) in [6.45, 7) is 43.7. The number of hydrogen-bond acceptors (Lipinski definition) is 34. The van der Waals surface area contributed by atoms with Crippen molar-refractivity contribution in [2.24, 2.45) is 5.73 Å². The van der Waals surface area contributed by atoms with Crippen molar-refractivity contribution in [1.82, 2.24) is 38.2 Å². The molecule has 7 aliphatic heterocycles. The number of hydrogen-bond donors (Lipinski definition) is 10. The highest BCUT2D eigenvalue weighted by Gasteiger charge is 2.65. The van der Waals surface area contributed by atoms with Crippen LogP contribution in [0.5, 0.6) is 0 Å². The Morgan fingerprint density at radius 1 is 0.580 bits per heavy atom. The molecule has 1 amide bonds. The predicted octanol–water partition coefficient (Wildman–Crippen LogP) is 7.66. The maximum Gasteiger partial charge on any atom is 0.475 e. The lowest BCUT2D eigenvalue weighted by atomic mass is 9.93. The summed E-state index contributed by atoms with van der Waals surface area (Å²) in [4.78, 5) is 76.4. The Balaban J connectivity index is 0.000000185. The minimum atomic E-state index is -3.89. The van der Waals surface area contributed by atoms with Crippen LogP contribution < -0.4 is 51.0 Å². The molecule has 5 aromatic rings. The summed E-state index contributed by atoms with van der Waals surface area (Å²) in [5.74, 6) is 0.0738. The number of phosphoric ester groups is 1. The number of aliphatic hydroxyl groups excluding tert-OH is 5. The van der Waals surface area contributed by atoms with Crippen molar-refractivity contribution in [2.75, 3.05) is 55.6 Å². The largest absolute Gasteiger partial charge is 0.475 e. The number of fused-ring (bicyclic) bond motifs is 3. The molecule has 119 heavy (non-hydrogen) atoms. The fourth-order valence-corrected chi connectivity index (χ4v) is 41.9. The average Bonchev–Trinajstić information content (AvgIpc) is 1.70. The van der Waals surface area contributed by atoms with Gasteiger partial charge in [-0.3, -0.25) is 36.6 Å². The number of rotatable bonds is 20. The van der Waals surface area contributed by atoms with E-state index >= 15 is 0 Å². The molecular weight excluding hydrogens is 1670 g/mol. The number of nitrogens with zero attached hydrogens (tertiary/aromatic N) is 8. The standard InChI is InChI=1S/C23H41N3O7Si2.C22H31N4O6PS2.C21H39N3O6Si2.C9H13N3O5/c1-13(2)34(14(3)4)30-12-18-21(32-35(33-34,15(5)6)16(7)8)20(28)22(31-18)26-11-10-19(24-17(9)27)25-23(26)29;1-21(2,3)35-34-16-8-6-5-7-14(16)10-12-29-33(28)30-13-15-18(32-33)22(4,24)19(31-15)26-11-9-17(23)25-20(26)27;1-12(2)31(13(3)4)27-11-16-19(29-32(30-31,14(5)6)15(7)8)18(25)20(28-16)24-10-9-17(22)23-21(24)26;10-5-1-2-12(9(16)11-5)8-7(15)6(14)4(3-13)17-8/h10-11,13-16,18,20-22,28H,12H2,1-9H3,(H,24,25,27,29);5-9,11,15,18-19H,10,12-13,24H2,1-4H3,(H2,23,25,27);9-10,12-16,18-20,25H,11H2,1-8H3,(H2,22,23,26);1-2,4,6-8,13-15H,3H2,(H2,10,11,16)/t18-,20-,21-,22-;15-,18-,19-,22-,33?;16-,18-,19-,20-;4-,6-,7-,8-/m1111/s1. The maximum atomic E-state index is 13.3. The lowest BCUT2D eigenvalue weighted by Crippen LogP contribution is -2.65. The number of aliphatic hydroxyl groups is 5. The first-order valence-corrected chi connectivity index (χ1v) is 51.7. The van der Waals surface area contributed by atoms with E-state index in [9.17, 15) is 49.0 Å². The van der Waals surface area contributed by atoms with Crippen molar-refractivity contribution < 1.29 is 93.3 Å². The third-order valence-electron chi connectivity index (χ3n) is 22.0. The fourth-order valence-electron chi connectivity index (χ4n) is 15.8. The van der Waals surface area contributed by atoms with Crippen LogP contribution in [0.4, 0.5) is 23.3 Å². The van der Waals surface area contributed by atoms with Crippen molar-refractivity contribution in [1.29, 1.82) is 0 Å². The van der Waals surface area contributed by atoms with Crippen LogP contribution in [-0.4, -0.2) is 214 Å². The number of benzene rings is 1. The van der Waals surface area contributed by atoms with Crippen LogP contribution >= 0.6 is 29.4 Å². The lowest BCUT2D eigenvalue weighted by molar-refractivity contribution is -0.114. The van der Waals surface area contributed by atoms with E-state index in [0.717, 1.165) is 15.0 Å². The Bertz CT molecular complexity index is 4530. The molecule has 37 nitrogen and oxygen atoms in total. The van der Waals surface area contributed by atoms with E-state index in [-0.39, 0.29) is 105 Å². The summed E-state index contributed by atoms with van der Waals surface area (Å²) in [6, 6.07) is 13.9. The van der Waals surface area contributed by atoms with E-state index in [1.807, 2.05) is 18.2 Å². The monoisotopic (exact) mass is 1800 g/mol. The van der Waals surface area contributed by atoms with E-state index in [1.165, 1.54) is 69.7 Å². The second-order valence-corrected chi connectivity index (χ2v) is 56.7. The fraction of sp³-hybridized carbons (Fsp3) is 0.693. The van der Waals surface area contributed by atoms with Gasteiger partial charge in [0.15, 0.2) is 24.9 Å². The van der Waals surface area contributed by atoms with Crippen LogP contribution in [0.15, 0.2) is 97.4 Å². The molecule has 17 atom stereocenters. The molecule has 4 aromatic heterocycles. The topological polar surface area (TPSA) is 511 Å². The number of carbonyl (C=O) groups is 1. The van der Waals surface area contributed by atoms with Crippen LogP contribution in [0.3, 0.4) is 0 Å². The second kappa shape index (κ2) is 39.5. The molecule has 7 aliphatic rings. The third-order valence-corrected chi connectivity index (χ3v) is 47.4. The Labute approximate surface area is 705 Å². The van der Waals surface area contributed by atoms with Crippen LogP contribution in [0.1, 0.15) is 176 Å². The number of nitrogen functional groups attached to an aromatic ring is 3. The van der Waals surface area contributed by atoms with Gasteiger partial charge in [0, 0.05) is 41.4 Å². The molecule has 0 spiro atoms. The second-order valence-electron chi connectivity index (χ2n) is 34.4. The van der Waals surface area contributed by atoms with E-state index < -0.39 is 169 Å². The van der Waals surface area contributed by atoms with Crippen molar-refractivity contribution in [3.8, 4) is 0 Å². The predicted molar refractivity (Wildman–Crippen MR) is 456 cm³/mol. The smallest absolute Gasteiger partial charge is 0.414 e. The molecule has 12 rings (SSSR count). The molecule has 0 aliphatic carbocycles. The number of aromatic nitrogens is 8. The molecule has 7 fully saturated rings. The summed E-state index contributed by atoms with van der Waals surface area (Å²) < 4.78 is 99.9. The zero-order valence-electron chi connectivity index (χ0n) is 71.6. The van der Waals surface area contributed by atoms with Gasteiger partial charge in [0.05, 0.1) is 38.6 Å². The number of nitrogens with two attached hydrogens (primary N) is 4. The quantitative estimate of drug-likeness (QED) is 0.0203. The van der Waals surface area contributed by atoms with Crippen molar-refractivity contribution in [3.63, 3.8) is 0 Å². The number of ether oxygens (including phenoxy) is 4. The lowest BCUT2D eigenvalue weighted by Gasteiger charge is -2.51. The summed E-state index contributed by atoms with van der Waals surface area (Å²) in [5, 5.41) is 53.2. The maximum absolute atomic E-state index is 13.3. The summed E-state index contributed by atoms with van der Waals surface area (Å²) in [7, 11) is -11.7. The van der Waals surface area contributed by atoms with Crippen LogP contribution in [0.2, 0.25) is 44.3 Å². The molecule has 1 aromatic carbocycles. The zero-order chi connectivity index (χ0) is 88.3. The average molecular weight is 1800 g/mol. The summed E-state index contributed by atoms with van der Waals surface area (Å²) >= 11 is 0. The van der Waals surface area contributed by atoms with Crippen molar-refractivity contribution >= 4 is 92.8 Å². The van der Waals surface area contributed by atoms with E-state index in [4.69, 9.17) is 86.5 Å². The van der Waals surface area contributed by atoms with Gasteiger partial charge in [0.2, 0.25) is 5.91 Å². The van der Waals surface area contributed by atoms with Gasteiger partial charge in [-0.05, 0) is 93.6 Å². The molecule has 0 bridgehead atoms. The molecule has 11 heterocycles. The highest BCUT2D eigenvalue weighted by molar-refractivity contribution is 8.77. The third kappa shape index (κ3) is 21.4. The number of nitrogens with one attached hydrogen (secondary N) is 1. The van der Waals surface area contributed by atoms with Gasteiger partial charge >= 0.3 is 64.8 Å². The number of amides is 1. The Kier molecular flexibility index (Phi) is 32.3. The van der Waals surface area contributed by atoms with Gasteiger partial charge in [0.1, 0.15) is 90.4 Å². The number of phosphoric acid groups is 1. The highest BCUT2D eigenvalue weighted by atomic mass is 33.1. The highest BCUT2D eigenvalue weighted by Crippen LogP contribution is 2.59. The first-order chi connectivity index (χ1) is 55.5. The molecule has 14 N–H and O–H groups in total. The molecule has 1 unspecified atom stereocenters. The van der Waals surface area contributed by atoms with Crippen molar-refractivity contribution in [2.45, 2.75) is 303 Å². The minimum absolute atomic E-state index is 0.0446. The van der Waals surface area contributed by atoms with Gasteiger partial charge in [-0.2, -0.15) is 19.9 Å². The molecule has 0 radical (unpaired) electrons. The Morgan fingerprint density at radius 2 is 0.992 bits per heavy atom. The molecule has 666 valence electrons. The SMILES string of the molecule is CC(=O)Nc1ccn([C@@H]2O[C@@H]3CO[Si](C(C)C)(C(C)C)O[Si](C(C)C)(C(C)C)O[C@H]3[C@H]2O)c(=O)n1.CC(C)(C)SSc1ccccc1CCOP1(=O)OC[C@H]2O[C@@H](n3ccc(N)nc3=O)[C@](C)(N)[C@@H]2O1.CC(C)[Si]1(C(C)C)OC[C@H]2O[C@@H](n3ccc(N)nc3=O)[C@H](O)[C@@H]2O[Si](C(C)C)(C(C)C)O1.Nc1ccn([C@@H]2O[C@H](CO)[C@@H](O)[C@H]2O)c(=O)n1. The van der Waals surface area contributed by atoms with Gasteiger partial charge in [-0.25, -0.2) is 23.7 Å².